The Balaban J connectivity index is 1.73. The molecular weight excluding hydrogens is 356 g/mol. The molecule has 0 spiro atoms. The minimum atomic E-state index is -0.318. The van der Waals surface area contributed by atoms with Gasteiger partial charge in [-0.3, -0.25) is 14.9 Å². The second-order valence-corrected chi connectivity index (χ2v) is 6.53. The number of nitrogens with zero attached hydrogens (tertiary/aromatic N) is 1. The molecule has 0 radical (unpaired) electrons. The monoisotopic (exact) mass is 380 g/mol. The zero-order valence-electron chi connectivity index (χ0n) is 15.8. The first-order valence-electron chi connectivity index (χ1n) is 9.27. The van der Waals surface area contributed by atoms with Gasteiger partial charge in [0, 0.05) is 30.5 Å². The largest absolute Gasteiger partial charge is 0.376 e. The Kier molecular flexibility index (Phi) is 6.75. The van der Waals surface area contributed by atoms with Gasteiger partial charge in [-0.1, -0.05) is 24.3 Å². The van der Waals surface area contributed by atoms with Crippen molar-refractivity contribution in [3.63, 3.8) is 0 Å². The molecule has 7 nitrogen and oxygen atoms in total. The van der Waals surface area contributed by atoms with Gasteiger partial charge in [0.25, 0.3) is 5.91 Å². The maximum atomic E-state index is 12.7. The van der Waals surface area contributed by atoms with Crippen molar-refractivity contribution >= 4 is 29.1 Å². The molecule has 1 fully saturated rings. The summed E-state index contributed by atoms with van der Waals surface area (Å²) in [6.07, 6.45) is 2.08. The van der Waals surface area contributed by atoms with Crippen LogP contribution in [0.4, 0.5) is 11.4 Å². The lowest BCUT2D eigenvalue weighted by atomic mass is 10.2. The summed E-state index contributed by atoms with van der Waals surface area (Å²) < 4.78 is 5.61. The van der Waals surface area contributed by atoms with Gasteiger partial charge in [-0.25, -0.2) is 4.99 Å². The summed E-state index contributed by atoms with van der Waals surface area (Å²) in [7, 11) is 0. The number of carbonyl (C=O) groups is 2. The van der Waals surface area contributed by atoms with Gasteiger partial charge in [0.15, 0.2) is 0 Å². The maximum Gasteiger partial charge on any atom is 0.258 e. The van der Waals surface area contributed by atoms with E-state index in [0.29, 0.717) is 23.8 Å². The molecule has 2 aromatic carbocycles. The van der Waals surface area contributed by atoms with E-state index in [2.05, 4.69) is 20.9 Å². The van der Waals surface area contributed by atoms with Crippen LogP contribution >= 0.6 is 0 Å². The highest BCUT2D eigenvalue weighted by Crippen LogP contribution is 2.13. The van der Waals surface area contributed by atoms with E-state index in [9.17, 15) is 9.59 Å². The molecule has 0 unspecified atom stereocenters. The normalized spacial score (nSPS) is 16.5. The molecule has 7 heteroatoms. The average Bonchev–Trinajstić information content (AvgIpc) is 3.20. The van der Waals surface area contributed by atoms with Gasteiger partial charge in [-0.05, 0) is 43.2 Å². The second kappa shape index (κ2) is 9.66. The van der Waals surface area contributed by atoms with Gasteiger partial charge >= 0.3 is 0 Å². The van der Waals surface area contributed by atoms with Crippen LogP contribution in [0.3, 0.4) is 0 Å². The summed E-state index contributed by atoms with van der Waals surface area (Å²) in [6, 6.07) is 16.3. The molecule has 1 saturated heterocycles. The Hall–Kier alpha value is -3.19. The van der Waals surface area contributed by atoms with E-state index in [-0.39, 0.29) is 17.9 Å². The number of carbonyl (C=O) groups excluding carboxylic acids is 2. The molecule has 1 heterocycles. The van der Waals surface area contributed by atoms with Crippen molar-refractivity contribution in [1.29, 1.82) is 0 Å². The lowest BCUT2D eigenvalue weighted by Crippen LogP contribution is -2.36. The summed E-state index contributed by atoms with van der Waals surface area (Å²) in [5.41, 5.74) is 1.81. The van der Waals surface area contributed by atoms with Crippen LogP contribution in [0.15, 0.2) is 59.6 Å². The topological polar surface area (TPSA) is 91.8 Å². The van der Waals surface area contributed by atoms with E-state index in [0.717, 1.165) is 25.1 Å². The van der Waals surface area contributed by atoms with E-state index in [4.69, 9.17) is 4.74 Å². The second-order valence-electron chi connectivity index (χ2n) is 6.53. The van der Waals surface area contributed by atoms with Crippen molar-refractivity contribution in [2.45, 2.75) is 25.9 Å². The van der Waals surface area contributed by atoms with E-state index in [1.54, 1.807) is 24.3 Å². The number of para-hydroxylation sites is 1. The fourth-order valence-electron chi connectivity index (χ4n) is 2.87. The summed E-state index contributed by atoms with van der Waals surface area (Å²) in [5.74, 6) is -0.152. The number of rotatable bonds is 5. The van der Waals surface area contributed by atoms with Crippen LogP contribution in [0.1, 0.15) is 30.1 Å². The SMILES string of the molecule is CC(=O)Nc1cccc(C(=O)NC(=NC[C@H]2CCCO2)Nc2ccccc2)c1. The van der Waals surface area contributed by atoms with E-state index < -0.39 is 0 Å². The van der Waals surface area contributed by atoms with Crippen LogP contribution in [0.2, 0.25) is 0 Å². The van der Waals surface area contributed by atoms with E-state index in [1.165, 1.54) is 6.92 Å². The van der Waals surface area contributed by atoms with Gasteiger partial charge in [0.1, 0.15) is 0 Å². The number of amides is 2. The van der Waals surface area contributed by atoms with Crippen LogP contribution in [-0.2, 0) is 9.53 Å². The highest BCUT2D eigenvalue weighted by molar-refractivity contribution is 6.10. The average molecular weight is 380 g/mol. The molecule has 2 amide bonds. The van der Waals surface area contributed by atoms with Crippen LogP contribution in [0, 0.1) is 0 Å². The van der Waals surface area contributed by atoms with Gasteiger partial charge in [-0.15, -0.1) is 0 Å². The standard InChI is InChI=1S/C21H24N4O3/c1-15(26)23-18-10-5-7-16(13-18)20(27)25-21(22-14-19-11-6-12-28-19)24-17-8-3-2-4-9-17/h2-5,7-10,13,19H,6,11-12,14H2,1H3,(H,23,26)(H2,22,24,25,27)/t19-/m1/s1. The molecule has 0 aromatic heterocycles. The fourth-order valence-corrected chi connectivity index (χ4v) is 2.87. The third-order valence-corrected chi connectivity index (χ3v) is 4.19. The van der Waals surface area contributed by atoms with E-state index in [1.807, 2.05) is 30.3 Å². The predicted octanol–water partition coefficient (Wildman–Crippen LogP) is 3.02. The van der Waals surface area contributed by atoms with Crippen molar-refractivity contribution in [3.05, 3.63) is 60.2 Å². The Morgan fingerprint density at radius 2 is 1.86 bits per heavy atom. The Morgan fingerprint density at radius 1 is 1.07 bits per heavy atom. The third kappa shape index (κ3) is 5.92. The van der Waals surface area contributed by atoms with Gasteiger partial charge in [-0.2, -0.15) is 0 Å². The summed E-state index contributed by atoms with van der Waals surface area (Å²) in [5, 5.41) is 8.64. The number of anilines is 2. The molecule has 3 N–H and O–H groups in total. The van der Waals surface area contributed by atoms with Crippen LogP contribution in [0.5, 0.6) is 0 Å². The molecular formula is C21H24N4O3. The first-order valence-corrected chi connectivity index (χ1v) is 9.27. The Morgan fingerprint density at radius 3 is 2.57 bits per heavy atom. The number of benzene rings is 2. The lowest BCUT2D eigenvalue weighted by Gasteiger charge is -2.14. The number of nitrogens with one attached hydrogen (secondary N) is 3. The van der Waals surface area contributed by atoms with E-state index >= 15 is 0 Å². The summed E-state index contributed by atoms with van der Waals surface area (Å²) >= 11 is 0. The number of guanidine groups is 1. The summed E-state index contributed by atoms with van der Waals surface area (Å²) in [4.78, 5) is 28.5. The zero-order chi connectivity index (χ0) is 19.8. The van der Waals surface area contributed by atoms with Gasteiger partial charge < -0.3 is 15.4 Å². The van der Waals surface area contributed by atoms with Crippen molar-refractivity contribution in [3.8, 4) is 0 Å². The van der Waals surface area contributed by atoms with Gasteiger partial charge in [0.2, 0.25) is 11.9 Å². The predicted molar refractivity (Wildman–Crippen MR) is 110 cm³/mol. The van der Waals surface area contributed by atoms with Crippen molar-refractivity contribution in [1.82, 2.24) is 5.32 Å². The molecule has 3 rings (SSSR count). The molecule has 0 saturated carbocycles. The number of hydrogen-bond donors (Lipinski definition) is 3. The highest BCUT2D eigenvalue weighted by atomic mass is 16.5. The first-order chi connectivity index (χ1) is 13.6. The molecule has 146 valence electrons. The minimum absolute atomic E-state index is 0.0765. The number of ether oxygens (including phenoxy) is 1. The minimum Gasteiger partial charge on any atom is -0.376 e. The Bertz CT molecular complexity index is 846. The molecule has 1 aliphatic rings. The van der Waals surface area contributed by atoms with Crippen LogP contribution in [-0.4, -0.2) is 37.0 Å². The first kappa shape index (κ1) is 19.6. The summed E-state index contributed by atoms with van der Waals surface area (Å²) in [6.45, 7) is 2.65. The molecule has 1 atom stereocenters. The van der Waals surface area contributed by atoms with Crippen molar-refractivity contribution in [2.24, 2.45) is 4.99 Å². The molecule has 0 aliphatic carbocycles. The molecule has 28 heavy (non-hydrogen) atoms. The molecule has 2 aromatic rings. The van der Waals surface area contributed by atoms with Crippen LogP contribution in [0.25, 0.3) is 0 Å². The smallest absolute Gasteiger partial charge is 0.258 e. The highest BCUT2D eigenvalue weighted by Gasteiger charge is 2.16. The molecule has 1 aliphatic heterocycles. The van der Waals surface area contributed by atoms with Crippen LogP contribution < -0.4 is 16.0 Å². The maximum absolute atomic E-state index is 12.7. The Labute approximate surface area is 164 Å². The van der Waals surface area contributed by atoms with Crippen molar-refractivity contribution < 1.29 is 14.3 Å². The number of hydrogen-bond acceptors (Lipinski definition) is 4. The zero-order valence-corrected chi connectivity index (χ0v) is 15.8. The molecule has 0 bridgehead atoms. The third-order valence-electron chi connectivity index (χ3n) is 4.19. The van der Waals surface area contributed by atoms with Crippen molar-refractivity contribution in [2.75, 3.05) is 23.8 Å². The quantitative estimate of drug-likeness (QED) is 0.549. The number of aliphatic imine (C=N–C) groups is 1. The van der Waals surface area contributed by atoms with Gasteiger partial charge in [0.05, 0.1) is 12.6 Å². The lowest BCUT2D eigenvalue weighted by molar-refractivity contribution is -0.114. The fraction of sp³-hybridized carbons (Fsp3) is 0.286.